The van der Waals surface area contributed by atoms with Gasteiger partial charge >= 0.3 is 0 Å². The summed E-state index contributed by atoms with van der Waals surface area (Å²) in [5.74, 6) is 0.205. The smallest absolute Gasteiger partial charge is 0.277 e. The maximum Gasteiger partial charge on any atom is 0.277 e. The topological polar surface area (TPSA) is 99.2 Å². The fourth-order valence-corrected chi connectivity index (χ4v) is 5.76. The minimum atomic E-state index is -1.33. The molecule has 5 heterocycles. The summed E-state index contributed by atoms with van der Waals surface area (Å²) in [5.41, 5.74) is 1.71. The zero-order valence-corrected chi connectivity index (χ0v) is 22.9. The van der Waals surface area contributed by atoms with E-state index in [-0.39, 0.29) is 16.3 Å². The molecule has 40 heavy (non-hydrogen) atoms. The van der Waals surface area contributed by atoms with Crippen LogP contribution in [0.4, 0.5) is 4.39 Å². The Kier molecular flexibility index (Phi) is 6.59. The lowest BCUT2D eigenvalue weighted by molar-refractivity contribution is 0.0767. The summed E-state index contributed by atoms with van der Waals surface area (Å²) in [4.78, 5) is 35.8. The van der Waals surface area contributed by atoms with Crippen molar-refractivity contribution in [1.82, 2.24) is 19.1 Å². The van der Waals surface area contributed by atoms with Gasteiger partial charge in [-0.3, -0.25) is 23.7 Å². The molecule has 6 rings (SSSR count). The Balaban J connectivity index is 1.45. The predicted molar refractivity (Wildman–Crippen MR) is 148 cm³/mol. The minimum absolute atomic E-state index is 0.0645. The molecule has 0 amide bonds. The highest BCUT2D eigenvalue weighted by atomic mass is 35.5. The van der Waals surface area contributed by atoms with Crippen molar-refractivity contribution < 1.29 is 14.2 Å². The Morgan fingerprint density at radius 3 is 2.65 bits per heavy atom. The van der Waals surface area contributed by atoms with Crippen molar-refractivity contribution in [1.29, 1.82) is 0 Å². The highest BCUT2D eigenvalue weighted by Gasteiger charge is 2.29. The third kappa shape index (κ3) is 4.63. The highest BCUT2D eigenvalue weighted by Crippen LogP contribution is 2.37. The first kappa shape index (κ1) is 26.4. The molecule has 0 bridgehead atoms. The fourth-order valence-electron chi connectivity index (χ4n) is 5.58. The van der Waals surface area contributed by atoms with Gasteiger partial charge in [0, 0.05) is 35.8 Å². The van der Waals surface area contributed by atoms with Crippen molar-refractivity contribution in [3.8, 4) is 17.3 Å². The number of aliphatic hydroxyl groups is 1. The first-order valence-corrected chi connectivity index (χ1v) is 13.7. The monoisotopic (exact) mass is 562 g/mol. The van der Waals surface area contributed by atoms with Gasteiger partial charge in [0.05, 0.1) is 23.2 Å². The zero-order chi connectivity index (χ0) is 28.2. The third-order valence-corrected chi connectivity index (χ3v) is 7.93. The molecule has 2 aliphatic rings. The lowest BCUT2D eigenvalue weighted by Gasteiger charge is -2.23. The van der Waals surface area contributed by atoms with E-state index >= 15 is 0 Å². The van der Waals surface area contributed by atoms with Crippen molar-refractivity contribution in [3.63, 3.8) is 0 Å². The molecule has 0 saturated heterocycles. The van der Waals surface area contributed by atoms with Gasteiger partial charge in [-0.15, -0.1) is 0 Å². The third-order valence-electron chi connectivity index (χ3n) is 7.58. The standard InChI is InChI=1S/C30H28ClFN4O4/c1-30(2,39)21-8-5-11-35(28(21)37)25-14-22-18(15-33-25)6-3-4-7-20-13-24(26(31)29(38)36(20)22)40-23-10-9-17-12-19(32)16-34-27(17)23/h5,8,11-16,23,39H,3-4,6-7,9-10H2,1-2H3. The number of rotatable bonds is 4. The van der Waals surface area contributed by atoms with E-state index in [1.807, 2.05) is 0 Å². The molecule has 206 valence electrons. The Morgan fingerprint density at radius 2 is 1.85 bits per heavy atom. The van der Waals surface area contributed by atoms with Gasteiger partial charge in [0.25, 0.3) is 11.1 Å². The van der Waals surface area contributed by atoms with E-state index in [1.165, 1.54) is 16.8 Å². The summed E-state index contributed by atoms with van der Waals surface area (Å²) in [6.07, 6.45) is 8.33. The van der Waals surface area contributed by atoms with Crippen LogP contribution in [-0.4, -0.2) is 24.2 Å². The Morgan fingerprint density at radius 1 is 1.05 bits per heavy atom. The van der Waals surface area contributed by atoms with Crippen LogP contribution in [0, 0.1) is 5.82 Å². The highest BCUT2D eigenvalue weighted by molar-refractivity contribution is 6.31. The van der Waals surface area contributed by atoms with Crippen LogP contribution in [0.1, 0.15) is 67.3 Å². The van der Waals surface area contributed by atoms with Crippen LogP contribution in [0.5, 0.6) is 5.75 Å². The van der Waals surface area contributed by atoms with E-state index in [4.69, 9.17) is 16.3 Å². The molecule has 0 fully saturated rings. The minimum Gasteiger partial charge on any atom is -0.482 e. The van der Waals surface area contributed by atoms with E-state index in [0.29, 0.717) is 42.9 Å². The van der Waals surface area contributed by atoms with Crippen molar-refractivity contribution in [2.75, 3.05) is 0 Å². The van der Waals surface area contributed by atoms with Crippen molar-refractivity contribution in [3.05, 3.63) is 109 Å². The molecule has 1 aliphatic heterocycles. The largest absolute Gasteiger partial charge is 0.482 e. The van der Waals surface area contributed by atoms with Gasteiger partial charge < -0.3 is 9.84 Å². The maximum absolute atomic E-state index is 13.8. The first-order valence-electron chi connectivity index (χ1n) is 13.3. The van der Waals surface area contributed by atoms with Crippen LogP contribution in [0.15, 0.2) is 58.5 Å². The number of hydrogen-bond acceptors (Lipinski definition) is 6. The van der Waals surface area contributed by atoms with Gasteiger partial charge in [0.2, 0.25) is 0 Å². The number of fused-ring (bicyclic) bond motifs is 4. The summed E-state index contributed by atoms with van der Waals surface area (Å²) in [6.45, 7) is 3.11. The molecule has 1 N–H and O–H groups in total. The quantitative estimate of drug-likeness (QED) is 0.386. The Labute approximate surface area is 234 Å². The predicted octanol–water partition coefficient (Wildman–Crippen LogP) is 4.74. The zero-order valence-electron chi connectivity index (χ0n) is 22.2. The second-order valence-corrected chi connectivity index (χ2v) is 11.2. The number of aryl methyl sites for hydroxylation is 3. The molecule has 10 heteroatoms. The van der Waals surface area contributed by atoms with Gasteiger partial charge in [-0.25, -0.2) is 9.37 Å². The lowest BCUT2D eigenvalue weighted by Crippen LogP contribution is -2.31. The molecule has 4 aromatic rings. The second kappa shape index (κ2) is 9.98. The second-order valence-electron chi connectivity index (χ2n) is 10.8. The number of aromatic nitrogens is 4. The van der Waals surface area contributed by atoms with E-state index < -0.39 is 28.6 Å². The lowest BCUT2D eigenvalue weighted by atomic mass is 10.00. The number of nitrogens with zero attached hydrogens (tertiary/aromatic N) is 4. The molecule has 1 unspecified atom stereocenters. The number of halogens is 2. The summed E-state index contributed by atoms with van der Waals surface area (Å²) < 4.78 is 22.8. The summed E-state index contributed by atoms with van der Waals surface area (Å²) in [7, 11) is 0. The molecule has 1 aliphatic carbocycles. The Hall–Kier alpha value is -3.82. The van der Waals surface area contributed by atoms with Gasteiger partial charge in [0.15, 0.2) is 0 Å². The fraction of sp³-hybridized carbons (Fsp3) is 0.333. The summed E-state index contributed by atoms with van der Waals surface area (Å²) >= 11 is 6.64. The molecule has 0 aromatic carbocycles. The van der Waals surface area contributed by atoms with Crippen molar-refractivity contribution in [2.24, 2.45) is 0 Å². The maximum atomic E-state index is 13.8. The normalized spacial score (nSPS) is 16.5. The molecule has 0 radical (unpaired) electrons. The molecular weight excluding hydrogens is 535 g/mol. The van der Waals surface area contributed by atoms with E-state index in [1.54, 1.807) is 55.1 Å². The van der Waals surface area contributed by atoms with Crippen LogP contribution < -0.4 is 15.9 Å². The number of hydrogen-bond donors (Lipinski definition) is 1. The number of ether oxygens (including phenoxy) is 1. The molecule has 4 aromatic heterocycles. The average molecular weight is 563 g/mol. The van der Waals surface area contributed by atoms with Crippen molar-refractivity contribution >= 4 is 11.6 Å². The summed E-state index contributed by atoms with van der Waals surface area (Å²) in [6, 6.07) is 8.24. The molecule has 0 spiro atoms. The van der Waals surface area contributed by atoms with Crippen molar-refractivity contribution in [2.45, 2.75) is 64.1 Å². The molecule has 0 saturated carbocycles. The molecule has 1 atom stereocenters. The first-order chi connectivity index (χ1) is 19.1. The van der Waals surface area contributed by atoms with Crippen LogP contribution in [-0.2, 0) is 24.9 Å². The average Bonchev–Trinajstić information content (AvgIpc) is 3.29. The summed E-state index contributed by atoms with van der Waals surface area (Å²) in [5, 5.41) is 10.4. The number of pyridine rings is 4. The Bertz CT molecular complexity index is 1760. The molecular formula is C30H28ClFN4O4. The van der Waals surface area contributed by atoms with Gasteiger partial charge in [-0.2, -0.15) is 0 Å². The van der Waals surface area contributed by atoms with Crippen LogP contribution in [0.2, 0.25) is 5.02 Å². The molecule has 8 nitrogen and oxygen atoms in total. The van der Waals surface area contributed by atoms with E-state index in [0.717, 1.165) is 29.7 Å². The van der Waals surface area contributed by atoms with Crippen LogP contribution >= 0.6 is 11.6 Å². The van der Waals surface area contributed by atoms with Crippen LogP contribution in [0.3, 0.4) is 0 Å². The van der Waals surface area contributed by atoms with Gasteiger partial charge in [-0.1, -0.05) is 11.6 Å². The van der Waals surface area contributed by atoms with Gasteiger partial charge in [-0.05, 0) is 81.7 Å². The van der Waals surface area contributed by atoms with Crippen LogP contribution in [0.25, 0.3) is 11.5 Å². The van der Waals surface area contributed by atoms with E-state index in [2.05, 4.69) is 9.97 Å². The van der Waals surface area contributed by atoms with E-state index in [9.17, 15) is 19.1 Å². The van der Waals surface area contributed by atoms with Gasteiger partial charge in [0.1, 0.15) is 28.5 Å². The SMILES string of the molecule is CC(C)(O)c1cccn(-c2cc3c(cn2)CCCCc2cc(OC4CCc5cc(F)cnc54)c(Cl)c(=O)n2-3)c1=O.